The molecule has 0 aliphatic rings. The lowest BCUT2D eigenvalue weighted by Gasteiger charge is -2.11. The van der Waals surface area contributed by atoms with Crippen molar-refractivity contribution in [2.75, 3.05) is 20.1 Å². The van der Waals surface area contributed by atoms with E-state index >= 15 is 0 Å². The molecule has 0 aliphatic carbocycles. The normalized spacial score (nSPS) is 11.0. The van der Waals surface area contributed by atoms with Crippen molar-refractivity contribution < 1.29 is 4.42 Å². The van der Waals surface area contributed by atoms with E-state index in [0.29, 0.717) is 0 Å². The molecule has 0 spiro atoms. The van der Waals surface area contributed by atoms with Crippen LogP contribution in [-0.4, -0.2) is 26.1 Å². The summed E-state index contributed by atoms with van der Waals surface area (Å²) in [4.78, 5) is 4.23. The summed E-state index contributed by atoms with van der Waals surface area (Å²) < 4.78 is 5.31. The Morgan fingerprint density at radius 2 is 1.65 bits per heavy atom. The molecule has 0 radical (unpaired) electrons. The minimum absolute atomic E-state index is 0. The summed E-state index contributed by atoms with van der Waals surface area (Å²) in [5, 5.41) is 6.63. The van der Waals surface area contributed by atoms with Gasteiger partial charge in [-0.2, -0.15) is 0 Å². The number of nitrogens with zero attached hydrogens (tertiary/aromatic N) is 1. The molecule has 1 heterocycles. The smallest absolute Gasteiger partial charge is 0.191 e. The Labute approximate surface area is 155 Å². The number of hydrogen-bond acceptors (Lipinski definition) is 2. The molecule has 126 valence electrons. The van der Waals surface area contributed by atoms with Crippen LogP contribution < -0.4 is 10.6 Å². The first kappa shape index (κ1) is 19.5. The summed E-state index contributed by atoms with van der Waals surface area (Å²) in [7, 11) is 1.79. The largest absolute Gasteiger partial charge is 0.469 e. The van der Waals surface area contributed by atoms with Crippen LogP contribution in [-0.2, 0) is 19.3 Å². The monoisotopic (exact) mass is 427 g/mol. The molecule has 0 bridgehead atoms. The second-order valence-electron chi connectivity index (χ2n) is 5.18. The number of benzene rings is 1. The van der Waals surface area contributed by atoms with E-state index < -0.39 is 0 Å². The molecule has 5 heteroatoms. The molecule has 0 amide bonds. The zero-order chi connectivity index (χ0) is 15.6. The first-order valence-electron chi connectivity index (χ1n) is 7.86. The maximum atomic E-state index is 5.31. The third-order valence-electron chi connectivity index (χ3n) is 3.60. The van der Waals surface area contributed by atoms with Gasteiger partial charge in [-0.05, 0) is 36.1 Å². The van der Waals surface area contributed by atoms with Gasteiger partial charge >= 0.3 is 0 Å². The Kier molecular flexibility index (Phi) is 9.43. The van der Waals surface area contributed by atoms with Gasteiger partial charge in [-0.3, -0.25) is 4.99 Å². The highest BCUT2D eigenvalue weighted by atomic mass is 127. The van der Waals surface area contributed by atoms with Gasteiger partial charge in [-0.15, -0.1) is 24.0 Å². The minimum Gasteiger partial charge on any atom is -0.469 e. The van der Waals surface area contributed by atoms with Gasteiger partial charge in [0, 0.05) is 26.6 Å². The predicted molar refractivity (Wildman–Crippen MR) is 107 cm³/mol. The Morgan fingerprint density at radius 1 is 1.00 bits per heavy atom. The van der Waals surface area contributed by atoms with Crippen LogP contribution in [0.15, 0.2) is 52.1 Å². The van der Waals surface area contributed by atoms with Gasteiger partial charge in [-0.25, -0.2) is 0 Å². The van der Waals surface area contributed by atoms with Crippen molar-refractivity contribution in [1.29, 1.82) is 0 Å². The fourth-order valence-corrected chi connectivity index (χ4v) is 2.25. The molecule has 0 saturated heterocycles. The van der Waals surface area contributed by atoms with E-state index in [9.17, 15) is 0 Å². The number of hydrogen-bond donors (Lipinski definition) is 2. The number of halogens is 1. The summed E-state index contributed by atoms with van der Waals surface area (Å²) in [5.74, 6) is 1.82. The Balaban J connectivity index is 0.00000264. The number of guanidine groups is 1. The fraction of sp³-hybridized carbons (Fsp3) is 0.389. The topological polar surface area (TPSA) is 49.6 Å². The van der Waals surface area contributed by atoms with E-state index in [1.54, 1.807) is 13.3 Å². The number of furan rings is 1. The molecule has 23 heavy (non-hydrogen) atoms. The zero-order valence-corrected chi connectivity index (χ0v) is 16.2. The van der Waals surface area contributed by atoms with Crippen molar-refractivity contribution in [3.63, 3.8) is 0 Å². The number of aliphatic imine (C=N–C) groups is 1. The van der Waals surface area contributed by atoms with Crippen LogP contribution in [0.5, 0.6) is 0 Å². The molecule has 2 rings (SSSR count). The number of aryl methyl sites for hydroxylation is 1. The van der Waals surface area contributed by atoms with Crippen LogP contribution in [0.4, 0.5) is 0 Å². The van der Waals surface area contributed by atoms with Crippen molar-refractivity contribution in [3.05, 3.63) is 59.5 Å². The molecule has 2 N–H and O–H groups in total. The maximum absolute atomic E-state index is 5.31. The van der Waals surface area contributed by atoms with Gasteiger partial charge in [0.05, 0.1) is 6.26 Å². The lowest BCUT2D eigenvalue weighted by atomic mass is 10.1. The van der Waals surface area contributed by atoms with Crippen molar-refractivity contribution in [3.8, 4) is 0 Å². The maximum Gasteiger partial charge on any atom is 0.191 e. The third-order valence-corrected chi connectivity index (χ3v) is 3.60. The van der Waals surface area contributed by atoms with Gasteiger partial charge in [0.25, 0.3) is 0 Å². The van der Waals surface area contributed by atoms with Crippen LogP contribution in [0.2, 0.25) is 0 Å². The Hall–Kier alpha value is -1.50. The highest BCUT2D eigenvalue weighted by Gasteiger charge is 2.00. The predicted octanol–water partition coefficient (Wildman–Crippen LogP) is 3.41. The SMILES string of the molecule is CCc1ccc(CCNC(=NC)NCCc2ccco2)cc1.I. The molecule has 0 saturated carbocycles. The van der Waals surface area contributed by atoms with E-state index in [-0.39, 0.29) is 24.0 Å². The van der Waals surface area contributed by atoms with Crippen LogP contribution in [0, 0.1) is 0 Å². The lowest BCUT2D eigenvalue weighted by molar-refractivity contribution is 0.507. The van der Waals surface area contributed by atoms with E-state index in [4.69, 9.17) is 4.42 Å². The highest BCUT2D eigenvalue weighted by Crippen LogP contribution is 2.05. The minimum atomic E-state index is 0. The molecule has 2 aromatic rings. The van der Waals surface area contributed by atoms with Crippen molar-refractivity contribution in [1.82, 2.24) is 10.6 Å². The fourth-order valence-electron chi connectivity index (χ4n) is 2.25. The number of rotatable bonds is 7. The average molecular weight is 427 g/mol. The quantitative estimate of drug-likeness (QED) is 0.405. The molecule has 0 atom stereocenters. The first-order chi connectivity index (χ1) is 10.8. The first-order valence-corrected chi connectivity index (χ1v) is 7.86. The summed E-state index contributed by atoms with van der Waals surface area (Å²) in [5.41, 5.74) is 2.72. The molecular weight excluding hydrogens is 401 g/mol. The molecule has 0 aliphatic heterocycles. The molecule has 4 nitrogen and oxygen atoms in total. The van der Waals surface area contributed by atoms with E-state index in [0.717, 1.165) is 44.1 Å². The zero-order valence-electron chi connectivity index (χ0n) is 13.8. The van der Waals surface area contributed by atoms with Crippen molar-refractivity contribution >= 4 is 29.9 Å². The average Bonchev–Trinajstić information content (AvgIpc) is 3.07. The van der Waals surface area contributed by atoms with Gasteiger partial charge < -0.3 is 15.1 Å². The summed E-state index contributed by atoms with van der Waals surface area (Å²) >= 11 is 0. The summed E-state index contributed by atoms with van der Waals surface area (Å²) in [6.07, 6.45) is 4.63. The third kappa shape index (κ3) is 7.07. The van der Waals surface area contributed by atoms with Gasteiger partial charge in [-0.1, -0.05) is 31.2 Å². The molecule has 1 aromatic carbocycles. The van der Waals surface area contributed by atoms with E-state index in [1.165, 1.54) is 11.1 Å². The van der Waals surface area contributed by atoms with Crippen LogP contribution in [0.1, 0.15) is 23.8 Å². The molecule has 0 unspecified atom stereocenters. The lowest BCUT2D eigenvalue weighted by Crippen LogP contribution is -2.39. The molecule has 0 fully saturated rings. The van der Waals surface area contributed by atoms with E-state index in [2.05, 4.69) is 46.8 Å². The van der Waals surface area contributed by atoms with Crippen LogP contribution in [0.3, 0.4) is 0 Å². The van der Waals surface area contributed by atoms with Gasteiger partial charge in [0.1, 0.15) is 5.76 Å². The van der Waals surface area contributed by atoms with Crippen molar-refractivity contribution in [2.45, 2.75) is 26.2 Å². The molecule has 1 aromatic heterocycles. The van der Waals surface area contributed by atoms with Crippen molar-refractivity contribution in [2.24, 2.45) is 4.99 Å². The summed E-state index contributed by atoms with van der Waals surface area (Å²) in [6.45, 7) is 3.85. The standard InChI is InChI=1S/C18H25N3O.HI/c1-3-15-6-8-16(9-7-15)10-12-20-18(19-2)21-13-11-17-5-4-14-22-17;/h4-9,14H,3,10-13H2,1-2H3,(H2,19,20,21);1H. The highest BCUT2D eigenvalue weighted by molar-refractivity contribution is 14.0. The summed E-state index contributed by atoms with van der Waals surface area (Å²) in [6, 6.07) is 12.7. The van der Waals surface area contributed by atoms with Gasteiger partial charge in [0.2, 0.25) is 0 Å². The second-order valence-corrected chi connectivity index (χ2v) is 5.18. The Morgan fingerprint density at radius 3 is 2.22 bits per heavy atom. The Bertz CT molecular complexity index is 564. The molecular formula is C18H26IN3O. The van der Waals surface area contributed by atoms with Gasteiger partial charge in [0.15, 0.2) is 5.96 Å². The second kappa shape index (κ2) is 11.1. The van der Waals surface area contributed by atoms with E-state index in [1.807, 2.05) is 12.1 Å². The number of nitrogens with one attached hydrogen (secondary N) is 2. The van der Waals surface area contributed by atoms with Crippen LogP contribution >= 0.6 is 24.0 Å². The van der Waals surface area contributed by atoms with Crippen LogP contribution in [0.25, 0.3) is 0 Å².